The lowest BCUT2D eigenvalue weighted by Gasteiger charge is -2.13. The highest BCUT2D eigenvalue weighted by molar-refractivity contribution is 7.88. The lowest BCUT2D eigenvalue weighted by Crippen LogP contribution is -2.28. The molecular weight excluding hydrogens is 260 g/mol. The second kappa shape index (κ2) is 5.01. The van der Waals surface area contributed by atoms with Crippen molar-refractivity contribution in [2.24, 2.45) is 0 Å². The molecule has 0 spiro atoms. The molecule has 1 aliphatic rings. The first kappa shape index (κ1) is 12.9. The van der Waals surface area contributed by atoms with Gasteiger partial charge in [0, 0.05) is 18.2 Å². The van der Waals surface area contributed by atoms with Crippen LogP contribution in [0.25, 0.3) is 0 Å². The van der Waals surface area contributed by atoms with E-state index >= 15 is 0 Å². The molecule has 0 radical (unpaired) electrons. The molecule has 1 fully saturated rings. The van der Waals surface area contributed by atoms with Gasteiger partial charge >= 0.3 is 0 Å². The van der Waals surface area contributed by atoms with E-state index in [-0.39, 0.29) is 11.3 Å². The summed E-state index contributed by atoms with van der Waals surface area (Å²) in [5.74, 6) is -0.426. The molecule has 0 aliphatic carbocycles. The minimum Gasteiger partial charge on any atom is -0.284 e. The van der Waals surface area contributed by atoms with Crippen molar-refractivity contribution in [3.8, 4) is 0 Å². The van der Waals surface area contributed by atoms with Gasteiger partial charge in [-0.1, -0.05) is 22.7 Å². The second-order valence-electron chi connectivity index (χ2n) is 3.86. The van der Waals surface area contributed by atoms with Gasteiger partial charge in [0.25, 0.3) is 5.69 Å². The van der Waals surface area contributed by atoms with Crippen molar-refractivity contribution in [3.63, 3.8) is 0 Å². The highest BCUT2D eigenvalue weighted by atomic mass is 32.2. The van der Waals surface area contributed by atoms with Crippen LogP contribution in [0.15, 0.2) is 24.3 Å². The van der Waals surface area contributed by atoms with Crippen molar-refractivity contribution in [2.45, 2.75) is 12.2 Å². The van der Waals surface area contributed by atoms with Crippen LogP contribution in [0.4, 0.5) is 5.69 Å². The summed E-state index contributed by atoms with van der Waals surface area (Å²) < 4.78 is 24.8. The van der Waals surface area contributed by atoms with Gasteiger partial charge in [-0.15, -0.1) is 0 Å². The molecule has 0 saturated carbocycles. The van der Waals surface area contributed by atoms with Crippen LogP contribution in [0, 0.1) is 10.1 Å². The van der Waals surface area contributed by atoms with Gasteiger partial charge in [-0.2, -0.15) is 0 Å². The highest BCUT2D eigenvalue weighted by Crippen LogP contribution is 2.23. The molecule has 1 heterocycles. The number of nitro groups is 1. The quantitative estimate of drug-likeness (QED) is 0.604. The maximum Gasteiger partial charge on any atom is 0.273 e. The predicted octanol–water partition coefficient (Wildman–Crippen LogP) is 1.06. The van der Waals surface area contributed by atoms with Crippen LogP contribution >= 0.6 is 0 Å². The van der Waals surface area contributed by atoms with Crippen LogP contribution in [0.5, 0.6) is 0 Å². The minimum absolute atomic E-state index is 0.165. The van der Waals surface area contributed by atoms with E-state index in [1.807, 2.05) is 0 Å². The van der Waals surface area contributed by atoms with Crippen LogP contribution < -0.4 is 0 Å². The van der Waals surface area contributed by atoms with Gasteiger partial charge in [0.1, 0.15) is 0 Å². The minimum atomic E-state index is -3.66. The Hall–Kier alpha value is -1.51. The summed E-state index contributed by atoms with van der Waals surface area (Å²) in [5, 5.41) is 10.8. The van der Waals surface area contributed by atoms with Crippen LogP contribution in [0.3, 0.4) is 0 Å². The first-order valence-electron chi connectivity index (χ1n) is 5.36. The van der Waals surface area contributed by atoms with E-state index < -0.39 is 20.7 Å². The lowest BCUT2D eigenvalue weighted by atomic mass is 10.2. The summed E-state index contributed by atoms with van der Waals surface area (Å²) in [6, 6.07) is 5.80. The maximum absolute atomic E-state index is 12.0. The molecule has 18 heavy (non-hydrogen) atoms. The Morgan fingerprint density at radius 3 is 2.72 bits per heavy atom. The number of hydrogen-bond acceptors (Lipinski definition) is 5. The number of sulfonamides is 1. The first-order valence-corrected chi connectivity index (χ1v) is 6.97. The number of hydrogen-bond donors (Lipinski definition) is 0. The molecule has 7 nitrogen and oxygen atoms in total. The Kier molecular flexibility index (Phi) is 3.60. The topological polar surface area (TPSA) is 89.8 Å². The van der Waals surface area contributed by atoms with E-state index in [9.17, 15) is 18.5 Å². The standard InChI is InChI=1S/C10H12N2O5S/c13-12(14)10-5-2-1-4-9(10)8-18(15,16)11-6-3-7-17-11/h1-2,4-5H,3,6-8H2. The molecule has 1 aliphatic heterocycles. The van der Waals surface area contributed by atoms with Crippen LogP contribution in [0.1, 0.15) is 12.0 Å². The Labute approximate surface area is 104 Å². The Bertz CT molecular complexity index is 551. The summed E-state index contributed by atoms with van der Waals surface area (Å²) in [7, 11) is -3.66. The molecule has 98 valence electrons. The van der Waals surface area contributed by atoms with Crippen molar-refractivity contribution in [1.29, 1.82) is 0 Å². The molecule has 2 rings (SSSR count). The van der Waals surface area contributed by atoms with Gasteiger partial charge in [-0.3, -0.25) is 15.0 Å². The van der Waals surface area contributed by atoms with Gasteiger partial charge in [-0.05, 0) is 6.42 Å². The van der Waals surface area contributed by atoms with Gasteiger partial charge in [-0.25, -0.2) is 8.42 Å². The SMILES string of the molecule is O=[N+]([O-])c1ccccc1CS(=O)(=O)N1CCCO1. The van der Waals surface area contributed by atoms with E-state index in [0.29, 0.717) is 19.6 Å². The molecule has 8 heteroatoms. The number of nitrogens with zero attached hydrogens (tertiary/aromatic N) is 2. The lowest BCUT2D eigenvalue weighted by molar-refractivity contribution is -0.385. The van der Waals surface area contributed by atoms with Gasteiger partial charge in [0.15, 0.2) is 0 Å². The zero-order chi connectivity index (χ0) is 13.2. The third-order valence-corrected chi connectivity index (χ3v) is 4.14. The Morgan fingerprint density at radius 1 is 1.39 bits per heavy atom. The molecule has 1 aromatic rings. The zero-order valence-corrected chi connectivity index (χ0v) is 10.3. The van der Waals surface area contributed by atoms with E-state index in [1.165, 1.54) is 18.2 Å². The highest BCUT2D eigenvalue weighted by Gasteiger charge is 2.29. The van der Waals surface area contributed by atoms with Crippen LogP contribution in [0.2, 0.25) is 0 Å². The average Bonchev–Trinajstić information content (AvgIpc) is 2.83. The molecule has 0 unspecified atom stereocenters. The molecule has 1 saturated heterocycles. The van der Waals surface area contributed by atoms with E-state index in [1.54, 1.807) is 6.07 Å². The summed E-state index contributed by atoms with van der Waals surface area (Å²) in [5.41, 5.74) is -0.0294. The predicted molar refractivity (Wildman–Crippen MR) is 63.0 cm³/mol. The molecule has 1 aromatic carbocycles. The fourth-order valence-corrected chi connectivity index (χ4v) is 3.15. The summed E-state index contributed by atoms with van der Waals surface area (Å²) in [4.78, 5) is 15.2. The number of rotatable bonds is 4. The van der Waals surface area contributed by atoms with Gasteiger partial charge < -0.3 is 0 Å². The smallest absolute Gasteiger partial charge is 0.273 e. The summed E-state index contributed by atoms with van der Waals surface area (Å²) >= 11 is 0. The molecule has 0 bridgehead atoms. The van der Waals surface area contributed by atoms with Gasteiger partial charge in [0.05, 0.1) is 17.3 Å². The Balaban J connectivity index is 2.26. The normalized spacial score (nSPS) is 16.9. The average molecular weight is 272 g/mol. The van der Waals surface area contributed by atoms with Gasteiger partial charge in [0.2, 0.25) is 10.0 Å². The zero-order valence-electron chi connectivity index (χ0n) is 9.48. The van der Waals surface area contributed by atoms with Crippen molar-refractivity contribution >= 4 is 15.7 Å². The fourth-order valence-electron chi connectivity index (χ4n) is 1.72. The molecule has 0 aromatic heterocycles. The number of hydroxylamine groups is 1. The number of benzene rings is 1. The van der Waals surface area contributed by atoms with Crippen molar-refractivity contribution in [2.75, 3.05) is 13.2 Å². The largest absolute Gasteiger partial charge is 0.284 e. The fraction of sp³-hybridized carbons (Fsp3) is 0.400. The van der Waals surface area contributed by atoms with Crippen molar-refractivity contribution in [1.82, 2.24) is 4.47 Å². The molecular formula is C10H12N2O5S. The maximum atomic E-state index is 12.0. The van der Waals surface area contributed by atoms with E-state index in [2.05, 4.69) is 0 Å². The van der Waals surface area contributed by atoms with Crippen LogP contribution in [-0.4, -0.2) is 31.0 Å². The van der Waals surface area contributed by atoms with E-state index in [0.717, 1.165) is 4.47 Å². The summed E-state index contributed by atoms with van der Waals surface area (Å²) in [6.07, 6.45) is 0.635. The van der Waals surface area contributed by atoms with Crippen molar-refractivity contribution in [3.05, 3.63) is 39.9 Å². The second-order valence-corrected chi connectivity index (χ2v) is 5.71. The van der Waals surface area contributed by atoms with E-state index in [4.69, 9.17) is 4.84 Å². The monoisotopic (exact) mass is 272 g/mol. The summed E-state index contributed by atoms with van der Waals surface area (Å²) in [6.45, 7) is 0.652. The third-order valence-electron chi connectivity index (χ3n) is 2.56. The first-order chi connectivity index (χ1) is 8.50. The third kappa shape index (κ3) is 2.66. The molecule has 0 atom stereocenters. The Morgan fingerprint density at radius 2 is 2.11 bits per heavy atom. The number of nitro benzene ring substituents is 1. The molecule has 0 amide bonds. The molecule has 0 N–H and O–H groups in total. The van der Waals surface area contributed by atoms with Crippen LogP contribution in [-0.2, 0) is 20.6 Å². The van der Waals surface area contributed by atoms with Crippen molar-refractivity contribution < 1.29 is 18.2 Å². The number of para-hydroxylation sites is 1.